The Kier molecular flexibility index (Phi) is 16.5. The first-order valence-corrected chi connectivity index (χ1v) is 50.9. The van der Waals surface area contributed by atoms with Crippen molar-refractivity contribution in [2.45, 2.75) is 19.3 Å². The monoisotopic (exact) mass is 1860 g/mol. The molecule has 0 N–H and O–H groups in total. The van der Waals surface area contributed by atoms with Crippen molar-refractivity contribution in [1.29, 1.82) is 0 Å². The predicted molar refractivity (Wildman–Crippen MR) is 597 cm³/mol. The number of furan rings is 4. The molecule has 11 heterocycles. The molecule has 0 spiro atoms. The zero-order chi connectivity index (χ0) is 91.6. The standard InChI is InChI=1S/C45H29NS2.2C42H23NO2S/c1-45(2)36-17-6-3-11-27(36)33-24-34-28-12-4-7-18-38(28)46(39(34)25-37(33)45)26-21-22-41-35(23-26)31-16-9-15-30(44(31)48-41)29-14-10-20-42-43(29)32-13-5-8-19-40(32)47-42;1-4-15-32-28(9-1)40-33(20-21-37-41(40)30-11-3-6-17-35(30)45-37)43(32)24-19-22-38-31(23-24)27-14-7-13-26(42(27)46-38)25-12-8-18-36-39(25)29-10-2-5-16-34(29)44-36;1-4-15-34-25(9-1)31-22-32-26-10-2-5-16-36(26)45-39(32)23-35(31)43(34)24-19-20-40-33(21-24)29-14-7-13-28(42(29)46-40)27-12-8-18-38-41(27)30-11-3-6-17-37(30)44-38/h3-25H,1-2H3;2*1-23H. The van der Waals surface area contributed by atoms with Gasteiger partial charge in [0, 0.05) is 201 Å². The van der Waals surface area contributed by atoms with Gasteiger partial charge in [-0.2, -0.15) is 0 Å². The molecule has 21 aromatic carbocycles. The first kappa shape index (κ1) is 78.3. The summed E-state index contributed by atoms with van der Waals surface area (Å²) >= 11 is 7.53. The number of aromatic nitrogens is 3. The highest BCUT2D eigenvalue weighted by Gasteiger charge is 2.37. The van der Waals surface area contributed by atoms with Crippen molar-refractivity contribution in [3.05, 3.63) is 430 Å². The van der Waals surface area contributed by atoms with Crippen molar-refractivity contribution in [3.8, 4) is 61.6 Å². The molecular formula is C129H75N3O4S4. The molecule has 7 nitrogen and oxygen atoms in total. The Morgan fingerprint density at radius 3 is 1.09 bits per heavy atom. The molecule has 1 aliphatic rings. The summed E-state index contributed by atoms with van der Waals surface area (Å²) < 4.78 is 43.0. The van der Waals surface area contributed by atoms with Crippen molar-refractivity contribution in [3.63, 3.8) is 0 Å². The average Bonchev–Trinajstić information content (AvgIpc) is 1.56. The van der Waals surface area contributed by atoms with E-state index in [0.29, 0.717) is 0 Å². The van der Waals surface area contributed by atoms with Gasteiger partial charge in [0.25, 0.3) is 0 Å². The van der Waals surface area contributed by atoms with E-state index in [9.17, 15) is 0 Å². The number of hydrogen-bond acceptors (Lipinski definition) is 8. The van der Waals surface area contributed by atoms with E-state index in [2.05, 4.69) is 416 Å². The lowest BCUT2D eigenvalue weighted by Crippen LogP contribution is -2.14. The molecule has 0 unspecified atom stereocenters. The quantitative estimate of drug-likeness (QED) is 0.166. The molecule has 0 atom stereocenters. The number of nitrogens with zero attached hydrogens (tertiary/aromatic N) is 3. The zero-order valence-corrected chi connectivity index (χ0v) is 78.7. The Morgan fingerprint density at radius 2 is 0.536 bits per heavy atom. The van der Waals surface area contributed by atoms with Gasteiger partial charge in [-0.05, 0) is 191 Å². The second-order valence-electron chi connectivity index (χ2n) is 37.8. The van der Waals surface area contributed by atoms with Crippen LogP contribution in [0.1, 0.15) is 25.0 Å². The van der Waals surface area contributed by atoms with Crippen LogP contribution in [-0.4, -0.2) is 13.7 Å². The molecule has 0 amide bonds. The molecule has 0 bridgehead atoms. The molecular weight excluding hydrogens is 1780 g/mol. The van der Waals surface area contributed by atoms with Gasteiger partial charge in [0.2, 0.25) is 0 Å². The fourth-order valence-corrected chi connectivity index (χ4v) is 28.6. The minimum Gasteiger partial charge on any atom is -0.456 e. The molecule has 0 radical (unpaired) electrons. The van der Waals surface area contributed by atoms with Gasteiger partial charge >= 0.3 is 0 Å². The molecule has 0 saturated carbocycles. The van der Waals surface area contributed by atoms with Crippen LogP contribution in [-0.2, 0) is 5.41 Å². The number of benzene rings is 21. The number of rotatable bonds is 6. The van der Waals surface area contributed by atoms with Crippen LogP contribution in [0.25, 0.3) is 295 Å². The lowest BCUT2D eigenvalue weighted by molar-refractivity contribution is 0.661. The van der Waals surface area contributed by atoms with Gasteiger partial charge < -0.3 is 31.4 Å². The van der Waals surface area contributed by atoms with E-state index >= 15 is 0 Å². The summed E-state index contributed by atoms with van der Waals surface area (Å²) in [4.78, 5) is 0. The van der Waals surface area contributed by atoms with Gasteiger partial charge in [-0.25, -0.2) is 0 Å². The van der Waals surface area contributed by atoms with Crippen molar-refractivity contribution in [2.75, 3.05) is 0 Å². The molecule has 33 rings (SSSR count). The fourth-order valence-electron chi connectivity index (χ4n) is 23.9. The minimum absolute atomic E-state index is 0.0536. The van der Waals surface area contributed by atoms with Gasteiger partial charge in [-0.15, -0.1) is 45.3 Å². The summed E-state index contributed by atoms with van der Waals surface area (Å²) in [5.41, 5.74) is 31.1. The minimum atomic E-state index is -0.0536. The molecule has 0 aliphatic heterocycles. The first-order valence-electron chi connectivity index (χ1n) is 47.6. The summed E-state index contributed by atoms with van der Waals surface area (Å²) in [5.74, 6) is 0. The van der Waals surface area contributed by atoms with E-state index in [4.69, 9.17) is 17.7 Å². The third-order valence-corrected chi connectivity index (χ3v) is 34.8. The highest BCUT2D eigenvalue weighted by molar-refractivity contribution is 7.27. The molecule has 11 aromatic heterocycles. The average molecular weight is 1860 g/mol. The Hall–Kier alpha value is -16.9. The van der Waals surface area contributed by atoms with Gasteiger partial charge in [-0.1, -0.05) is 275 Å². The molecule has 0 saturated heterocycles. The summed E-state index contributed by atoms with van der Waals surface area (Å²) in [6, 6.07) is 152. The largest absolute Gasteiger partial charge is 0.456 e. The number of fused-ring (bicyclic) bond motifs is 37. The van der Waals surface area contributed by atoms with Crippen LogP contribution in [0, 0.1) is 0 Å². The lowest BCUT2D eigenvalue weighted by atomic mass is 9.82. The second-order valence-corrected chi connectivity index (χ2v) is 42.0. The summed E-state index contributed by atoms with van der Waals surface area (Å²) in [5, 5.41) is 27.2. The van der Waals surface area contributed by atoms with E-state index in [1.807, 2.05) is 75.7 Å². The maximum absolute atomic E-state index is 6.35. The van der Waals surface area contributed by atoms with Gasteiger partial charge in [-0.3, -0.25) is 0 Å². The van der Waals surface area contributed by atoms with Gasteiger partial charge in [0.15, 0.2) is 0 Å². The molecule has 654 valence electrons. The Balaban J connectivity index is 0.0000000968. The number of thiophene rings is 4. The highest BCUT2D eigenvalue weighted by Crippen LogP contribution is 2.55. The van der Waals surface area contributed by atoms with Crippen molar-refractivity contribution < 1.29 is 17.7 Å². The van der Waals surface area contributed by atoms with E-state index in [-0.39, 0.29) is 5.41 Å². The summed E-state index contributed by atoms with van der Waals surface area (Å²) in [6.07, 6.45) is 0. The second kappa shape index (κ2) is 29.6. The summed E-state index contributed by atoms with van der Waals surface area (Å²) in [6.45, 7) is 4.74. The van der Waals surface area contributed by atoms with Crippen molar-refractivity contribution >= 4 is 279 Å². The number of hydrogen-bond donors (Lipinski definition) is 0. The van der Waals surface area contributed by atoms with E-state index in [1.165, 1.54) is 218 Å². The highest BCUT2D eigenvalue weighted by atomic mass is 32.1. The third kappa shape index (κ3) is 11.2. The van der Waals surface area contributed by atoms with Crippen LogP contribution >= 0.6 is 45.3 Å². The maximum Gasteiger partial charge on any atom is 0.137 e. The normalized spacial score (nSPS) is 12.8. The molecule has 140 heavy (non-hydrogen) atoms. The first-order chi connectivity index (χ1) is 69.2. The van der Waals surface area contributed by atoms with Crippen LogP contribution in [0.4, 0.5) is 0 Å². The van der Waals surface area contributed by atoms with Crippen LogP contribution in [0.2, 0.25) is 0 Å². The molecule has 1 aliphatic carbocycles. The topological polar surface area (TPSA) is 67.3 Å². The SMILES string of the molecule is CC1(C)c2ccccc2-c2cc3c4ccccc4n(-c4ccc5sc6c(-c7cccc8sc9ccccc9c78)cccc6c5c4)c3cc21.c1ccc2c(c1)oc1cc3c(cc12)c1ccccc1n3-c1ccc2sc3c(-c4cccc5oc6ccccc6c45)cccc3c2c1.c1ccc2c(c1)oc1cccc(-c3cccc4c3sc3ccc(-n5c6ccccc6c6c7c(ccc65)oc5ccccc57)cc34)c12. The predicted octanol–water partition coefficient (Wildman–Crippen LogP) is 38.7. The van der Waals surface area contributed by atoms with Crippen LogP contribution in [0.3, 0.4) is 0 Å². The Bertz CT molecular complexity index is 11000. The smallest absolute Gasteiger partial charge is 0.137 e. The van der Waals surface area contributed by atoms with E-state index in [0.717, 1.165) is 88.5 Å². The van der Waals surface area contributed by atoms with Crippen LogP contribution < -0.4 is 0 Å². The molecule has 11 heteroatoms. The fraction of sp³-hybridized carbons (Fsp3) is 0.0233. The third-order valence-electron chi connectivity index (χ3n) is 30.0. The van der Waals surface area contributed by atoms with E-state index in [1.54, 1.807) is 0 Å². The maximum atomic E-state index is 6.35. The van der Waals surface area contributed by atoms with Gasteiger partial charge in [0.05, 0.1) is 33.1 Å². The van der Waals surface area contributed by atoms with Crippen molar-refractivity contribution in [1.82, 2.24) is 13.7 Å². The Labute approximate surface area is 814 Å². The van der Waals surface area contributed by atoms with Gasteiger partial charge in [0.1, 0.15) is 44.7 Å². The van der Waals surface area contributed by atoms with E-state index < -0.39 is 0 Å². The molecule has 0 fully saturated rings. The molecule has 32 aromatic rings. The van der Waals surface area contributed by atoms with Crippen molar-refractivity contribution in [2.24, 2.45) is 0 Å². The zero-order valence-electron chi connectivity index (χ0n) is 75.4. The van der Waals surface area contributed by atoms with Crippen LogP contribution in [0.15, 0.2) is 436 Å². The lowest BCUT2D eigenvalue weighted by Gasteiger charge is -2.21. The van der Waals surface area contributed by atoms with Crippen LogP contribution in [0.5, 0.6) is 0 Å². The Morgan fingerprint density at radius 1 is 0.171 bits per heavy atom. The number of para-hydroxylation sites is 7. The summed E-state index contributed by atoms with van der Waals surface area (Å²) in [7, 11) is 0.